The Morgan fingerprint density at radius 2 is 1.83 bits per heavy atom. The Morgan fingerprint density at radius 3 is 2.45 bits per heavy atom. The Hall–Kier alpha value is -2.78. The van der Waals surface area contributed by atoms with Gasteiger partial charge < -0.3 is 24.7 Å². The van der Waals surface area contributed by atoms with E-state index in [-0.39, 0.29) is 12.9 Å². The molecule has 1 saturated heterocycles. The fraction of sp³-hybridized carbons (Fsp3) is 0.500. The zero-order chi connectivity index (χ0) is 21.6. The molecule has 1 aliphatic rings. The number of methoxy groups -OCH3 is 1. The lowest BCUT2D eigenvalue weighted by Crippen LogP contribution is -2.30. The van der Waals surface area contributed by atoms with Gasteiger partial charge >= 0.3 is 0 Å². The second-order valence-corrected chi connectivity index (χ2v) is 6.69. The lowest BCUT2D eigenvalue weighted by molar-refractivity contribution is -0.123. The number of rotatable bonds is 6. The molecule has 1 atom stereocenters. The summed E-state index contributed by atoms with van der Waals surface area (Å²) in [6, 6.07) is 8.40. The van der Waals surface area contributed by atoms with Gasteiger partial charge in [-0.1, -0.05) is 24.3 Å². The molecule has 9 nitrogen and oxygen atoms in total. The number of likely N-dealkylation sites (tertiary alicyclic amines) is 1. The van der Waals surface area contributed by atoms with Crippen molar-refractivity contribution in [2.45, 2.75) is 13.3 Å². The van der Waals surface area contributed by atoms with Crippen LogP contribution in [0.3, 0.4) is 0 Å². The zero-order valence-corrected chi connectivity index (χ0v) is 17.2. The summed E-state index contributed by atoms with van der Waals surface area (Å²) in [4.78, 5) is 21.5. The number of carbonyl (C=O) groups is 2. The Labute approximate surface area is 170 Å². The minimum atomic E-state index is -0.250. The third-order valence-electron chi connectivity index (χ3n) is 4.73. The molecule has 0 radical (unpaired) electrons. The molecule has 3 rings (SSSR count). The molecule has 1 aliphatic heterocycles. The molecule has 0 bridgehead atoms. The highest BCUT2D eigenvalue weighted by Gasteiger charge is 2.24. The maximum Gasteiger partial charge on any atom is 0.290 e. The van der Waals surface area contributed by atoms with Crippen molar-refractivity contribution in [2.75, 3.05) is 51.8 Å². The largest absolute Gasteiger partial charge is 0.483 e. The Kier molecular flexibility index (Phi) is 11.2. The van der Waals surface area contributed by atoms with Crippen LogP contribution in [-0.4, -0.2) is 85.2 Å². The van der Waals surface area contributed by atoms with E-state index in [1.165, 1.54) is 23.7 Å². The highest BCUT2D eigenvalue weighted by atomic mass is 16.5. The predicted molar refractivity (Wildman–Crippen MR) is 111 cm³/mol. The summed E-state index contributed by atoms with van der Waals surface area (Å²) in [5, 5.41) is 25.0. The molecule has 0 aliphatic carbocycles. The predicted octanol–water partition coefficient (Wildman–Crippen LogP) is 1.74. The van der Waals surface area contributed by atoms with Crippen molar-refractivity contribution in [3.05, 3.63) is 30.0 Å². The molecule has 2 aromatic rings. The zero-order valence-electron chi connectivity index (χ0n) is 17.2. The van der Waals surface area contributed by atoms with Gasteiger partial charge in [0.1, 0.15) is 0 Å². The van der Waals surface area contributed by atoms with Gasteiger partial charge in [-0.3, -0.25) is 9.59 Å². The number of aromatic nitrogens is 2. The highest BCUT2D eigenvalue weighted by molar-refractivity contribution is 5.93. The van der Waals surface area contributed by atoms with E-state index in [0.29, 0.717) is 5.92 Å². The van der Waals surface area contributed by atoms with E-state index in [1.807, 2.05) is 6.92 Å². The average molecular weight is 406 g/mol. The number of benzene rings is 1. The number of aryl methyl sites for hydroxylation is 1. The molecule has 1 aromatic heterocycles. The maximum absolute atomic E-state index is 8.36. The molecule has 1 fully saturated rings. The molecule has 160 valence electrons. The van der Waals surface area contributed by atoms with Gasteiger partial charge in [-0.15, -0.1) is 5.10 Å². The third kappa shape index (κ3) is 7.63. The summed E-state index contributed by atoms with van der Waals surface area (Å²) in [7, 11) is 3.89. The first-order valence-corrected chi connectivity index (χ1v) is 9.32. The van der Waals surface area contributed by atoms with Gasteiger partial charge in [0.25, 0.3) is 12.9 Å². The molecule has 0 spiro atoms. The summed E-state index contributed by atoms with van der Waals surface area (Å²) in [5.41, 5.74) is 0.990. The molecule has 0 saturated carbocycles. The van der Waals surface area contributed by atoms with Crippen molar-refractivity contribution >= 4 is 29.5 Å². The molecule has 1 unspecified atom stereocenters. The van der Waals surface area contributed by atoms with Crippen LogP contribution in [0.1, 0.15) is 12.1 Å². The van der Waals surface area contributed by atoms with Crippen LogP contribution in [0.15, 0.2) is 24.3 Å². The van der Waals surface area contributed by atoms with Crippen molar-refractivity contribution in [3.63, 3.8) is 0 Å². The van der Waals surface area contributed by atoms with E-state index in [0.717, 1.165) is 37.8 Å². The summed E-state index contributed by atoms with van der Waals surface area (Å²) in [5.74, 6) is 1.67. The quantitative estimate of drug-likeness (QED) is 0.692. The van der Waals surface area contributed by atoms with E-state index in [2.05, 4.69) is 51.3 Å². The molecule has 9 heteroatoms. The van der Waals surface area contributed by atoms with Gasteiger partial charge in [0, 0.05) is 44.6 Å². The van der Waals surface area contributed by atoms with Crippen LogP contribution < -0.4 is 4.90 Å². The smallest absolute Gasteiger partial charge is 0.290 e. The van der Waals surface area contributed by atoms with Gasteiger partial charge in [0.2, 0.25) is 0 Å². The fourth-order valence-electron chi connectivity index (χ4n) is 3.46. The van der Waals surface area contributed by atoms with Crippen LogP contribution in [0.25, 0.3) is 10.8 Å². The van der Waals surface area contributed by atoms with Crippen molar-refractivity contribution in [3.8, 4) is 0 Å². The van der Waals surface area contributed by atoms with Crippen LogP contribution >= 0.6 is 0 Å². The average Bonchev–Trinajstić information content (AvgIpc) is 3.15. The maximum atomic E-state index is 8.36. The van der Waals surface area contributed by atoms with Gasteiger partial charge in [-0.05, 0) is 25.8 Å². The molecular weight excluding hydrogens is 376 g/mol. The van der Waals surface area contributed by atoms with Gasteiger partial charge in [0.15, 0.2) is 5.82 Å². The lowest BCUT2D eigenvalue weighted by atomic mass is 10.1. The number of nitrogens with zero attached hydrogens (tertiary/aromatic N) is 4. The minimum Gasteiger partial charge on any atom is -0.483 e. The normalized spacial score (nSPS) is 15.6. The van der Waals surface area contributed by atoms with Crippen LogP contribution in [0.4, 0.5) is 5.82 Å². The molecule has 1 aromatic carbocycles. The van der Waals surface area contributed by atoms with E-state index < -0.39 is 0 Å². The second kappa shape index (κ2) is 13.4. The van der Waals surface area contributed by atoms with E-state index in [1.54, 1.807) is 7.11 Å². The van der Waals surface area contributed by atoms with Gasteiger partial charge in [-0.2, -0.15) is 5.10 Å². The standard InChI is InChI=1S/C18H26N4O.2CH2O2/c1-14-16-6-4-5-7-17(16)18(20-19-14)21(2)12-15-8-9-22(13-15)10-11-23-3;2*2-1-3/h4-7,15H,8-13H2,1-3H3;2*1H,(H,2,3). The Balaban J connectivity index is 0.000000626. The topological polar surface area (TPSA) is 116 Å². The van der Waals surface area contributed by atoms with Crippen LogP contribution in [0.5, 0.6) is 0 Å². The fourth-order valence-corrected chi connectivity index (χ4v) is 3.46. The van der Waals surface area contributed by atoms with Crippen molar-refractivity contribution in [2.24, 2.45) is 5.92 Å². The molecule has 2 heterocycles. The van der Waals surface area contributed by atoms with Crippen molar-refractivity contribution < 1.29 is 24.5 Å². The number of hydrogen-bond acceptors (Lipinski definition) is 7. The first-order chi connectivity index (χ1) is 14.0. The second-order valence-electron chi connectivity index (χ2n) is 6.69. The summed E-state index contributed by atoms with van der Waals surface area (Å²) >= 11 is 0. The van der Waals surface area contributed by atoms with Gasteiger partial charge in [-0.25, -0.2) is 0 Å². The number of anilines is 1. The third-order valence-corrected chi connectivity index (χ3v) is 4.73. The Morgan fingerprint density at radius 1 is 1.21 bits per heavy atom. The Bertz CT molecular complexity index is 753. The van der Waals surface area contributed by atoms with Crippen LogP contribution in [-0.2, 0) is 14.3 Å². The first-order valence-electron chi connectivity index (χ1n) is 9.32. The highest BCUT2D eigenvalue weighted by Crippen LogP contribution is 2.26. The van der Waals surface area contributed by atoms with Crippen LogP contribution in [0, 0.1) is 12.8 Å². The molecule has 0 amide bonds. The van der Waals surface area contributed by atoms with E-state index in [9.17, 15) is 0 Å². The first kappa shape index (κ1) is 24.3. The summed E-state index contributed by atoms with van der Waals surface area (Å²) in [6.07, 6.45) is 1.24. The molecule has 2 N–H and O–H groups in total. The van der Waals surface area contributed by atoms with Crippen molar-refractivity contribution in [1.29, 1.82) is 0 Å². The number of fused-ring (bicyclic) bond motifs is 1. The molecular formula is C20H30N4O5. The van der Waals surface area contributed by atoms with E-state index >= 15 is 0 Å². The number of carboxylic acid groups (broad SMARTS) is 2. The van der Waals surface area contributed by atoms with Crippen molar-refractivity contribution in [1.82, 2.24) is 15.1 Å². The molecule has 29 heavy (non-hydrogen) atoms. The number of hydrogen-bond donors (Lipinski definition) is 2. The monoisotopic (exact) mass is 406 g/mol. The number of ether oxygens (including phenoxy) is 1. The van der Waals surface area contributed by atoms with E-state index in [4.69, 9.17) is 24.5 Å². The minimum absolute atomic E-state index is 0.250. The SMILES string of the molecule is COCCN1CCC(CN(C)c2nnc(C)c3ccccc23)C1.O=CO.O=CO. The summed E-state index contributed by atoms with van der Waals surface area (Å²) < 4.78 is 5.18. The summed E-state index contributed by atoms with van der Waals surface area (Å²) in [6.45, 7) is 6.70. The lowest BCUT2D eigenvalue weighted by Gasteiger charge is -2.23. The van der Waals surface area contributed by atoms with Crippen LogP contribution in [0.2, 0.25) is 0 Å². The van der Waals surface area contributed by atoms with Gasteiger partial charge in [0.05, 0.1) is 12.3 Å².